The number of hydrogen-bond acceptors (Lipinski definition) is 6. The average molecular weight is 395 g/mol. The Labute approximate surface area is 161 Å². The highest BCUT2D eigenvalue weighted by Crippen LogP contribution is 2.33. The first-order valence-electron chi connectivity index (χ1n) is 8.70. The summed E-state index contributed by atoms with van der Waals surface area (Å²) in [6.07, 6.45) is 5.64. The van der Waals surface area contributed by atoms with Gasteiger partial charge in [0.2, 0.25) is 0 Å². The zero-order valence-corrected chi connectivity index (χ0v) is 16.2. The maximum atomic E-state index is 10.8. The van der Waals surface area contributed by atoms with Crippen molar-refractivity contribution in [3.8, 4) is 5.75 Å². The molecule has 1 heterocycles. The maximum absolute atomic E-state index is 10.8. The van der Waals surface area contributed by atoms with E-state index in [2.05, 4.69) is 14.8 Å². The van der Waals surface area contributed by atoms with Crippen LogP contribution in [0.2, 0.25) is 5.02 Å². The van der Waals surface area contributed by atoms with Crippen molar-refractivity contribution in [3.63, 3.8) is 0 Å². The summed E-state index contributed by atoms with van der Waals surface area (Å²) in [5.41, 5.74) is 0.952. The second-order valence-electron chi connectivity index (χ2n) is 6.42. The molecule has 1 saturated carbocycles. The normalized spacial score (nSPS) is 15.2. The Morgan fingerprint density at radius 3 is 2.81 bits per heavy atom. The van der Waals surface area contributed by atoms with Crippen molar-refractivity contribution in [2.45, 2.75) is 56.8 Å². The molecule has 0 bridgehead atoms. The number of nitrogens with zero attached hydrogens (tertiary/aromatic N) is 3. The van der Waals surface area contributed by atoms with Crippen LogP contribution in [0.25, 0.3) is 0 Å². The number of carbonyl (C=O) groups excluding carboxylic acids is 1. The van der Waals surface area contributed by atoms with Gasteiger partial charge < -0.3 is 19.2 Å². The number of aliphatic carboxylic acids is 1. The molecule has 1 aromatic heterocycles. The van der Waals surface area contributed by atoms with Crippen LogP contribution in [0, 0.1) is 6.92 Å². The lowest BCUT2D eigenvalue weighted by Gasteiger charge is -2.25. The maximum Gasteiger partial charge on any atom is 0.191 e. The molecular formula is C18H21ClN3O3S-. The summed E-state index contributed by atoms with van der Waals surface area (Å²) in [7, 11) is 0. The lowest BCUT2D eigenvalue weighted by Crippen LogP contribution is -2.25. The molecule has 2 aromatic rings. The Morgan fingerprint density at radius 1 is 1.35 bits per heavy atom. The molecule has 6 nitrogen and oxygen atoms in total. The monoisotopic (exact) mass is 394 g/mol. The van der Waals surface area contributed by atoms with E-state index in [4.69, 9.17) is 16.3 Å². The van der Waals surface area contributed by atoms with Crippen LogP contribution < -0.4 is 9.84 Å². The van der Waals surface area contributed by atoms with Gasteiger partial charge in [0.25, 0.3) is 0 Å². The first-order chi connectivity index (χ1) is 12.5. The number of carboxylic acids is 1. The number of carbonyl (C=O) groups is 1. The second kappa shape index (κ2) is 8.77. The van der Waals surface area contributed by atoms with Crippen molar-refractivity contribution in [1.29, 1.82) is 0 Å². The summed E-state index contributed by atoms with van der Waals surface area (Å²) in [5.74, 6) is 0.216. The van der Waals surface area contributed by atoms with Gasteiger partial charge in [-0.05, 0) is 43.5 Å². The standard InChI is InChI=1S/C18H22ClN3O3S/c1-12-9-13(19)7-8-15(12)25-10-16-20-21-18(26-11-17(23)24)22(16)14-5-3-2-4-6-14/h7-9,14H,2-6,10-11H2,1H3,(H,23,24)/p-1. The molecular weight excluding hydrogens is 374 g/mol. The first kappa shape index (κ1) is 19.0. The third-order valence-electron chi connectivity index (χ3n) is 4.49. The number of aromatic nitrogens is 3. The average Bonchev–Trinajstić information content (AvgIpc) is 3.03. The molecule has 8 heteroatoms. The van der Waals surface area contributed by atoms with Crippen molar-refractivity contribution < 1.29 is 14.6 Å². The first-order valence-corrected chi connectivity index (χ1v) is 10.1. The fourth-order valence-corrected chi connectivity index (χ4v) is 4.22. The van der Waals surface area contributed by atoms with Crippen LogP contribution in [0.1, 0.15) is 49.5 Å². The summed E-state index contributed by atoms with van der Waals surface area (Å²) >= 11 is 7.14. The van der Waals surface area contributed by atoms with E-state index in [-0.39, 0.29) is 18.4 Å². The van der Waals surface area contributed by atoms with E-state index in [0.717, 1.165) is 48.8 Å². The van der Waals surface area contributed by atoms with Gasteiger partial charge in [0.15, 0.2) is 11.0 Å². The lowest BCUT2D eigenvalue weighted by atomic mass is 9.95. The van der Waals surface area contributed by atoms with Gasteiger partial charge in [-0.1, -0.05) is 42.6 Å². The van der Waals surface area contributed by atoms with Gasteiger partial charge >= 0.3 is 0 Å². The molecule has 1 aromatic carbocycles. The van der Waals surface area contributed by atoms with Crippen molar-refractivity contribution in [2.75, 3.05) is 5.75 Å². The topological polar surface area (TPSA) is 80.1 Å². The van der Waals surface area contributed by atoms with Gasteiger partial charge in [-0.25, -0.2) is 0 Å². The van der Waals surface area contributed by atoms with Crippen LogP contribution >= 0.6 is 23.4 Å². The molecule has 0 amide bonds. The Balaban J connectivity index is 1.79. The second-order valence-corrected chi connectivity index (χ2v) is 7.80. The van der Waals surface area contributed by atoms with Gasteiger partial charge in [0.1, 0.15) is 12.4 Å². The zero-order chi connectivity index (χ0) is 18.5. The molecule has 26 heavy (non-hydrogen) atoms. The van der Waals surface area contributed by atoms with Crippen molar-refractivity contribution in [3.05, 3.63) is 34.6 Å². The highest BCUT2D eigenvalue weighted by Gasteiger charge is 2.23. The number of carboxylic acid groups (broad SMARTS) is 1. The van der Waals surface area contributed by atoms with E-state index in [1.807, 2.05) is 19.1 Å². The summed E-state index contributed by atoms with van der Waals surface area (Å²) in [6, 6.07) is 5.76. The van der Waals surface area contributed by atoms with Gasteiger partial charge in [0.05, 0.1) is 5.97 Å². The molecule has 0 radical (unpaired) electrons. The van der Waals surface area contributed by atoms with Gasteiger partial charge in [-0.2, -0.15) is 0 Å². The molecule has 3 rings (SSSR count). The van der Waals surface area contributed by atoms with E-state index in [1.165, 1.54) is 6.42 Å². The number of ether oxygens (including phenoxy) is 1. The number of rotatable bonds is 7. The molecule has 1 fully saturated rings. The van der Waals surface area contributed by atoms with E-state index in [0.29, 0.717) is 16.0 Å². The molecule has 0 aliphatic heterocycles. The Kier molecular flexibility index (Phi) is 6.43. The molecule has 1 aliphatic rings. The molecule has 0 spiro atoms. The van der Waals surface area contributed by atoms with Crippen molar-refractivity contribution in [1.82, 2.24) is 14.8 Å². The summed E-state index contributed by atoms with van der Waals surface area (Å²) in [5, 5.41) is 20.6. The van der Waals surface area contributed by atoms with Crippen LogP contribution in [-0.4, -0.2) is 26.5 Å². The molecule has 140 valence electrons. The molecule has 0 saturated heterocycles. The smallest absolute Gasteiger partial charge is 0.191 e. The van der Waals surface area contributed by atoms with Crippen LogP contribution in [0.4, 0.5) is 0 Å². The third kappa shape index (κ3) is 4.71. The SMILES string of the molecule is Cc1cc(Cl)ccc1OCc1nnc(SCC(=O)[O-])n1C1CCCCC1. The number of thioether (sulfide) groups is 1. The van der Waals surface area contributed by atoms with E-state index >= 15 is 0 Å². The van der Waals surface area contributed by atoms with Crippen LogP contribution in [0.3, 0.4) is 0 Å². The molecule has 1 aliphatic carbocycles. The number of halogens is 1. The third-order valence-corrected chi connectivity index (χ3v) is 5.64. The molecule has 0 atom stereocenters. The number of hydrogen-bond donors (Lipinski definition) is 0. The van der Waals surface area contributed by atoms with Crippen molar-refractivity contribution >= 4 is 29.3 Å². The Bertz CT molecular complexity index is 775. The van der Waals surface area contributed by atoms with Crippen molar-refractivity contribution in [2.24, 2.45) is 0 Å². The summed E-state index contributed by atoms with van der Waals surface area (Å²) in [6.45, 7) is 2.21. The highest BCUT2D eigenvalue weighted by molar-refractivity contribution is 7.99. The quantitative estimate of drug-likeness (QED) is 0.671. The minimum absolute atomic E-state index is 0.137. The predicted molar refractivity (Wildman–Crippen MR) is 98.4 cm³/mol. The van der Waals surface area contributed by atoms with Gasteiger partial charge in [-0.3, -0.25) is 0 Å². The van der Waals surface area contributed by atoms with Gasteiger partial charge in [-0.15, -0.1) is 10.2 Å². The molecule has 0 N–H and O–H groups in total. The largest absolute Gasteiger partial charge is 0.549 e. The molecule has 0 unspecified atom stereocenters. The van der Waals surface area contributed by atoms with E-state index in [1.54, 1.807) is 6.07 Å². The highest BCUT2D eigenvalue weighted by atomic mass is 35.5. The predicted octanol–water partition coefficient (Wildman–Crippen LogP) is 3.17. The number of benzene rings is 1. The Morgan fingerprint density at radius 2 is 2.12 bits per heavy atom. The number of aryl methyl sites for hydroxylation is 1. The minimum Gasteiger partial charge on any atom is -0.549 e. The van der Waals surface area contributed by atoms with Crippen LogP contribution in [0.5, 0.6) is 5.75 Å². The Hall–Kier alpha value is -1.73. The fraction of sp³-hybridized carbons (Fsp3) is 0.500. The fourth-order valence-electron chi connectivity index (χ4n) is 3.25. The van der Waals surface area contributed by atoms with Crippen LogP contribution in [-0.2, 0) is 11.4 Å². The summed E-state index contributed by atoms with van der Waals surface area (Å²) in [4.78, 5) is 10.8. The van der Waals surface area contributed by atoms with Gasteiger partial charge in [0, 0.05) is 16.8 Å². The van der Waals surface area contributed by atoms with Crippen LogP contribution in [0.15, 0.2) is 23.4 Å². The van der Waals surface area contributed by atoms with E-state index in [9.17, 15) is 9.90 Å². The zero-order valence-electron chi connectivity index (χ0n) is 14.6. The minimum atomic E-state index is -1.11. The van der Waals surface area contributed by atoms with E-state index < -0.39 is 5.97 Å². The lowest BCUT2D eigenvalue weighted by molar-refractivity contribution is -0.301. The summed E-state index contributed by atoms with van der Waals surface area (Å²) < 4.78 is 7.98.